The number of primary sulfonamides is 1. The van der Waals surface area contributed by atoms with Gasteiger partial charge < -0.3 is 5.32 Å². The molecule has 0 amide bonds. The van der Waals surface area contributed by atoms with E-state index in [1.165, 1.54) is 30.3 Å². The van der Waals surface area contributed by atoms with E-state index in [2.05, 4.69) is 5.32 Å². The Labute approximate surface area is 121 Å². The van der Waals surface area contributed by atoms with E-state index in [1.807, 2.05) is 0 Å². The van der Waals surface area contributed by atoms with Crippen LogP contribution in [0, 0.1) is 11.6 Å². The second-order valence-electron chi connectivity index (χ2n) is 4.49. The van der Waals surface area contributed by atoms with Crippen LogP contribution >= 0.6 is 0 Å². The Morgan fingerprint density at radius 1 is 0.952 bits per heavy atom. The molecule has 4 nitrogen and oxygen atoms in total. The topological polar surface area (TPSA) is 72.2 Å². The molecule has 0 radical (unpaired) electrons. The maximum atomic E-state index is 13.4. The van der Waals surface area contributed by atoms with Crippen molar-refractivity contribution >= 4 is 10.0 Å². The van der Waals surface area contributed by atoms with Gasteiger partial charge >= 0.3 is 0 Å². The smallest absolute Gasteiger partial charge is 0.238 e. The zero-order chi connectivity index (χ0) is 15.5. The normalized spacial score (nSPS) is 11.6. The molecule has 2 rings (SSSR count). The summed E-state index contributed by atoms with van der Waals surface area (Å²) in [6.45, 7) is 0.383. The summed E-state index contributed by atoms with van der Waals surface area (Å²) in [5, 5.41) is 7.89. The van der Waals surface area contributed by atoms with Crippen molar-refractivity contribution in [3.63, 3.8) is 0 Å². The van der Waals surface area contributed by atoms with Crippen molar-refractivity contribution < 1.29 is 17.2 Å². The summed E-state index contributed by atoms with van der Waals surface area (Å²) in [7, 11) is -3.71. The molecule has 112 valence electrons. The first-order chi connectivity index (χ1) is 9.88. The van der Waals surface area contributed by atoms with Gasteiger partial charge in [0.2, 0.25) is 10.0 Å². The van der Waals surface area contributed by atoms with Gasteiger partial charge in [-0.1, -0.05) is 18.2 Å². The quantitative estimate of drug-likeness (QED) is 0.886. The minimum absolute atomic E-state index is 0.0198. The molecule has 2 aromatic rings. The van der Waals surface area contributed by atoms with Gasteiger partial charge in [-0.25, -0.2) is 22.3 Å². The van der Waals surface area contributed by atoms with Crippen LogP contribution in [0.4, 0.5) is 8.78 Å². The fourth-order valence-corrected chi connectivity index (χ4v) is 2.35. The molecule has 0 aliphatic rings. The summed E-state index contributed by atoms with van der Waals surface area (Å²) in [6, 6.07) is 9.64. The van der Waals surface area contributed by atoms with Gasteiger partial charge in [-0.15, -0.1) is 0 Å². The fourth-order valence-electron chi connectivity index (χ4n) is 1.83. The zero-order valence-corrected chi connectivity index (χ0v) is 11.8. The van der Waals surface area contributed by atoms with Gasteiger partial charge in [0.25, 0.3) is 0 Å². The molecule has 0 fully saturated rings. The molecule has 0 bridgehead atoms. The summed E-state index contributed by atoms with van der Waals surface area (Å²) in [6.07, 6.45) is 0. The predicted molar refractivity (Wildman–Crippen MR) is 74.7 cm³/mol. The lowest BCUT2D eigenvalue weighted by Crippen LogP contribution is -2.15. The van der Waals surface area contributed by atoms with Crippen LogP contribution in [-0.4, -0.2) is 8.42 Å². The van der Waals surface area contributed by atoms with E-state index < -0.39 is 21.7 Å². The Hall–Kier alpha value is -1.83. The SMILES string of the molecule is NS(=O)(=O)c1ccc(CNCc2c(F)cccc2F)cc1. The lowest BCUT2D eigenvalue weighted by atomic mass is 10.2. The van der Waals surface area contributed by atoms with E-state index in [9.17, 15) is 17.2 Å². The molecule has 0 aliphatic heterocycles. The van der Waals surface area contributed by atoms with E-state index in [4.69, 9.17) is 5.14 Å². The largest absolute Gasteiger partial charge is 0.308 e. The molecule has 0 saturated heterocycles. The van der Waals surface area contributed by atoms with Crippen LogP contribution in [0.2, 0.25) is 0 Å². The first-order valence-corrected chi connectivity index (χ1v) is 7.68. The monoisotopic (exact) mass is 312 g/mol. The summed E-state index contributed by atoms with van der Waals surface area (Å²) in [5.74, 6) is -1.21. The molecule has 7 heteroatoms. The van der Waals surface area contributed by atoms with Crippen molar-refractivity contribution in [3.8, 4) is 0 Å². The predicted octanol–water partition coefficient (Wildman–Crippen LogP) is 1.90. The molecule has 0 heterocycles. The van der Waals surface area contributed by atoms with Gasteiger partial charge in [0.05, 0.1) is 4.90 Å². The molecule has 0 unspecified atom stereocenters. The fraction of sp³-hybridized carbons (Fsp3) is 0.143. The van der Waals surface area contributed by atoms with E-state index in [0.717, 1.165) is 5.56 Å². The Kier molecular flexibility index (Phi) is 4.66. The van der Waals surface area contributed by atoms with Crippen LogP contribution in [0.25, 0.3) is 0 Å². The number of rotatable bonds is 5. The van der Waals surface area contributed by atoms with Gasteiger partial charge in [0, 0.05) is 18.7 Å². The van der Waals surface area contributed by atoms with Crippen LogP contribution in [-0.2, 0) is 23.1 Å². The first-order valence-electron chi connectivity index (χ1n) is 6.13. The van der Waals surface area contributed by atoms with Crippen LogP contribution in [0.15, 0.2) is 47.4 Å². The second kappa shape index (κ2) is 6.30. The number of hydrogen-bond acceptors (Lipinski definition) is 3. The summed E-state index contributed by atoms with van der Waals surface area (Å²) in [4.78, 5) is 0.0198. The number of sulfonamides is 1. The zero-order valence-electron chi connectivity index (χ0n) is 11.0. The van der Waals surface area contributed by atoms with Gasteiger partial charge in [-0.05, 0) is 29.8 Å². The molecule has 3 N–H and O–H groups in total. The molecular weight excluding hydrogens is 298 g/mol. The average Bonchev–Trinajstić information content (AvgIpc) is 2.42. The number of nitrogens with one attached hydrogen (secondary N) is 1. The third kappa shape index (κ3) is 4.07. The van der Waals surface area contributed by atoms with Gasteiger partial charge in [-0.2, -0.15) is 0 Å². The minimum Gasteiger partial charge on any atom is -0.308 e. The van der Waals surface area contributed by atoms with E-state index in [-0.39, 0.29) is 17.0 Å². The average molecular weight is 312 g/mol. The van der Waals surface area contributed by atoms with Crippen molar-refractivity contribution in [1.82, 2.24) is 5.32 Å². The van der Waals surface area contributed by atoms with Crippen LogP contribution in [0.3, 0.4) is 0 Å². The van der Waals surface area contributed by atoms with Crippen molar-refractivity contribution in [2.24, 2.45) is 5.14 Å². The summed E-state index contributed by atoms with van der Waals surface area (Å²) in [5.41, 5.74) is 0.748. The molecule has 0 spiro atoms. The molecule has 2 aromatic carbocycles. The summed E-state index contributed by atoms with van der Waals surface area (Å²) >= 11 is 0. The first kappa shape index (κ1) is 15.6. The number of hydrogen-bond donors (Lipinski definition) is 2. The van der Waals surface area contributed by atoms with Gasteiger partial charge in [0.1, 0.15) is 11.6 Å². The Morgan fingerprint density at radius 3 is 2.05 bits per heavy atom. The summed E-state index contributed by atoms with van der Waals surface area (Å²) < 4.78 is 49.0. The number of halogens is 2. The van der Waals surface area contributed by atoms with Crippen molar-refractivity contribution in [3.05, 3.63) is 65.2 Å². The van der Waals surface area contributed by atoms with Crippen LogP contribution < -0.4 is 10.5 Å². The number of nitrogens with two attached hydrogens (primary N) is 1. The highest BCUT2D eigenvalue weighted by molar-refractivity contribution is 7.89. The van der Waals surface area contributed by atoms with Crippen LogP contribution in [0.5, 0.6) is 0 Å². The van der Waals surface area contributed by atoms with E-state index in [1.54, 1.807) is 12.1 Å². The number of benzene rings is 2. The maximum absolute atomic E-state index is 13.4. The molecule has 0 saturated carbocycles. The molecule has 0 atom stereocenters. The third-order valence-electron chi connectivity index (χ3n) is 2.94. The molecular formula is C14H14F2N2O2S. The minimum atomic E-state index is -3.71. The maximum Gasteiger partial charge on any atom is 0.238 e. The third-order valence-corrected chi connectivity index (χ3v) is 3.87. The lowest BCUT2D eigenvalue weighted by Gasteiger charge is -2.07. The molecule has 0 aliphatic carbocycles. The lowest BCUT2D eigenvalue weighted by molar-refractivity contribution is 0.535. The Bertz CT molecular complexity index is 711. The van der Waals surface area contributed by atoms with Gasteiger partial charge in [-0.3, -0.25) is 0 Å². The van der Waals surface area contributed by atoms with Crippen LogP contribution in [0.1, 0.15) is 11.1 Å². The highest BCUT2D eigenvalue weighted by Gasteiger charge is 2.08. The highest BCUT2D eigenvalue weighted by atomic mass is 32.2. The second-order valence-corrected chi connectivity index (χ2v) is 6.05. The molecule has 0 aromatic heterocycles. The van der Waals surface area contributed by atoms with Crippen molar-refractivity contribution in [2.75, 3.05) is 0 Å². The van der Waals surface area contributed by atoms with E-state index >= 15 is 0 Å². The van der Waals surface area contributed by atoms with Crippen molar-refractivity contribution in [1.29, 1.82) is 0 Å². The van der Waals surface area contributed by atoms with Gasteiger partial charge in [0.15, 0.2) is 0 Å². The Balaban J connectivity index is 1.98. The van der Waals surface area contributed by atoms with E-state index in [0.29, 0.717) is 6.54 Å². The van der Waals surface area contributed by atoms with Crippen molar-refractivity contribution in [2.45, 2.75) is 18.0 Å². The standard InChI is InChI=1S/C14H14F2N2O2S/c15-13-2-1-3-14(16)12(13)9-18-8-10-4-6-11(7-5-10)21(17,19)20/h1-7,18H,8-9H2,(H2,17,19,20). The Morgan fingerprint density at radius 2 is 1.52 bits per heavy atom. The highest BCUT2D eigenvalue weighted by Crippen LogP contribution is 2.12. The molecule has 21 heavy (non-hydrogen) atoms.